The molecule has 1 atom stereocenters. The van der Waals surface area contributed by atoms with E-state index in [1.807, 2.05) is 44.2 Å². The van der Waals surface area contributed by atoms with Gasteiger partial charge in [-0.1, -0.05) is 23.6 Å². The normalized spacial score (nSPS) is 10.9. The molecule has 0 spiro atoms. The molecular weight excluding hydrogens is 252 g/mol. The standard InChI is InChI=1S/C17H20O3/c1-4-5-15(12-17(18)19)14-6-8-16(9-7-14)20-11-10-13(2)3/h6-10,15H,11-12H2,1-3H3,(H,18,19)/t15-/m1/s1. The smallest absolute Gasteiger partial charge is 0.304 e. The van der Waals surface area contributed by atoms with Crippen LogP contribution >= 0.6 is 0 Å². The van der Waals surface area contributed by atoms with E-state index in [-0.39, 0.29) is 12.3 Å². The van der Waals surface area contributed by atoms with Crippen LogP contribution in [0.25, 0.3) is 0 Å². The van der Waals surface area contributed by atoms with Crippen LogP contribution in [0.3, 0.4) is 0 Å². The molecule has 0 aliphatic heterocycles. The summed E-state index contributed by atoms with van der Waals surface area (Å²) in [7, 11) is 0. The monoisotopic (exact) mass is 272 g/mol. The summed E-state index contributed by atoms with van der Waals surface area (Å²) in [5, 5.41) is 8.90. The first-order valence-electron chi connectivity index (χ1n) is 6.53. The van der Waals surface area contributed by atoms with E-state index in [1.54, 1.807) is 6.92 Å². The number of carbonyl (C=O) groups is 1. The Hall–Kier alpha value is -2.21. The van der Waals surface area contributed by atoms with Gasteiger partial charge in [0, 0.05) is 0 Å². The second-order valence-corrected chi connectivity index (χ2v) is 4.71. The zero-order valence-electron chi connectivity index (χ0n) is 12.1. The van der Waals surface area contributed by atoms with E-state index >= 15 is 0 Å². The van der Waals surface area contributed by atoms with Gasteiger partial charge in [-0.05, 0) is 44.5 Å². The van der Waals surface area contributed by atoms with Gasteiger partial charge in [0.25, 0.3) is 0 Å². The average molecular weight is 272 g/mol. The fourth-order valence-corrected chi connectivity index (χ4v) is 1.70. The summed E-state index contributed by atoms with van der Waals surface area (Å²) in [5.41, 5.74) is 2.11. The molecule has 1 rings (SSSR count). The molecular formula is C17H20O3. The van der Waals surface area contributed by atoms with Crippen LogP contribution in [0, 0.1) is 11.8 Å². The fourth-order valence-electron chi connectivity index (χ4n) is 1.70. The number of benzene rings is 1. The number of ether oxygens (including phenoxy) is 1. The second kappa shape index (κ2) is 8.06. The number of aliphatic carboxylic acids is 1. The molecule has 1 N–H and O–H groups in total. The lowest BCUT2D eigenvalue weighted by Gasteiger charge is -2.10. The third-order valence-electron chi connectivity index (χ3n) is 2.72. The van der Waals surface area contributed by atoms with Crippen molar-refractivity contribution in [2.75, 3.05) is 6.61 Å². The van der Waals surface area contributed by atoms with E-state index in [9.17, 15) is 4.79 Å². The van der Waals surface area contributed by atoms with Crippen LogP contribution in [0.5, 0.6) is 5.75 Å². The van der Waals surface area contributed by atoms with Gasteiger partial charge < -0.3 is 9.84 Å². The molecule has 1 aromatic rings. The van der Waals surface area contributed by atoms with E-state index in [1.165, 1.54) is 5.57 Å². The van der Waals surface area contributed by atoms with E-state index < -0.39 is 5.97 Å². The highest BCUT2D eigenvalue weighted by Gasteiger charge is 2.12. The van der Waals surface area contributed by atoms with Gasteiger partial charge in [-0.15, -0.1) is 5.92 Å². The highest BCUT2D eigenvalue weighted by Crippen LogP contribution is 2.22. The van der Waals surface area contributed by atoms with Crippen molar-refractivity contribution >= 4 is 5.97 Å². The maximum absolute atomic E-state index is 10.8. The molecule has 0 bridgehead atoms. The predicted octanol–water partition coefficient (Wildman–Crippen LogP) is 3.61. The summed E-state index contributed by atoms with van der Waals surface area (Å²) in [6, 6.07) is 7.44. The van der Waals surface area contributed by atoms with Crippen LogP contribution in [0.1, 0.15) is 38.7 Å². The fraction of sp³-hybridized carbons (Fsp3) is 0.353. The van der Waals surface area contributed by atoms with Crippen LogP contribution in [0.4, 0.5) is 0 Å². The first-order valence-corrected chi connectivity index (χ1v) is 6.53. The number of hydrogen-bond donors (Lipinski definition) is 1. The van der Waals surface area contributed by atoms with Crippen LogP contribution in [0.2, 0.25) is 0 Å². The Labute approximate surface area is 120 Å². The summed E-state index contributed by atoms with van der Waals surface area (Å²) in [4.78, 5) is 10.8. The van der Waals surface area contributed by atoms with Crippen molar-refractivity contribution in [2.45, 2.75) is 33.1 Å². The molecule has 0 saturated carbocycles. The summed E-state index contributed by atoms with van der Waals surface area (Å²) < 4.78 is 5.56. The Kier molecular flexibility index (Phi) is 6.39. The molecule has 106 valence electrons. The van der Waals surface area contributed by atoms with Gasteiger partial charge in [-0.25, -0.2) is 0 Å². The van der Waals surface area contributed by atoms with Crippen molar-refractivity contribution in [3.8, 4) is 17.6 Å². The molecule has 1 aromatic carbocycles. The highest BCUT2D eigenvalue weighted by atomic mass is 16.5. The van der Waals surface area contributed by atoms with Gasteiger partial charge in [0.1, 0.15) is 12.4 Å². The number of rotatable bonds is 6. The van der Waals surface area contributed by atoms with Gasteiger partial charge in [0.2, 0.25) is 0 Å². The second-order valence-electron chi connectivity index (χ2n) is 4.71. The Morgan fingerprint density at radius 1 is 1.35 bits per heavy atom. The molecule has 0 amide bonds. The zero-order chi connectivity index (χ0) is 15.0. The van der Waals surface area contributed by atoms with E-state index in [0.717, 1.165) is 11.3 Å². The van der Waals surface area contributed by atoms with Crippen molar-refractivity contribution in [1.82, 2.24) is 0 Å². The summed E-state index contributed by atoms with van der Waals surface area (Å²) in [6.07, 6.45) is 2.02. The first kappa shape index (κ1) is 15.8. The lowest BCUT2D eigenvalue weighted by Crippen LogP contribution is -2.04. The third kappa shape index (κ3) is 5.62. The number of hydrogen-bond acceptors (Lipinski definition) is 2. The molecule has 3 heteroatoms. The van der Waals surface area contributed by atoms with Gasteiger partial charge in [0.15, 0.2) is 0 Å². The van der Waals surface area contributed by atoms with Gasteiger partial charge >= 0.3 is 5.97 Å². The Morgan fingerprint density at radius 3 is 2.50 bits per heavy atom. The molecule has 0 saturated heterocycles. The molecule has 3 nitrogen and oxygen atoms in total. The largest absolute Gasteiger partial charge is 0.490 e. The Morgan fingerprint density at radius 2 is 2.00 bits per heavy atom. The highest BCUT2D eigenvalue weighted by molar-refractivity contribution is 5.69. The molecule has 0 fully saturated rings. The number of carboxylic acids is 1. The maximum Gasteiger partial charge on any atom is 0.304 e. The van der Waals surface area contributed by atoms with E-state index in [0.29, 0.717) is 6.61 Å². The Bertz CT molecular complexity index is 526. The van der Waals surface area contributed by atoms with Crippen molar-refractivity contribution < 1.29 is 14.6 Å². The molecule has 0 aliphatic carbocycles. The van der Waals surface area contributed by atoms with E-state index in [4.69, 9.17) is 9.84 Å². The lowest BCUT2D eigenvalue weighted by molar-refractivity contribution is -0.137. The van der Waals surface area contributed by atoms with Crippen molar-refractivity contribution in [3.63, 3.8) is 0 Å². The predicted molar refractivity (Wildman–Crippen MR) is 79.8 cm³/mol. The molecule has 0 radical (unpaired) electrons. The summed E-state index contributed by atoms with van der Waals surface area (Å²) >= 11 is 0. The SMILES string of the molecule is CC#C[C@H](CC(=O)O)c1ccc(OCC=C(C)C)cc1. The van der Waals surface area contributed by atoms with Gasteiger partial charge in [-0.2, -0.15) is 0 Å². The van der Waals surface area contributed by atoms with Gasteiger partial charge in [-0.3, -0.25) is 4.79 Å². The van der Waals surface area contributed by atoms with Crippen LogP contribution in [-0.2, 0) is 4.79 Å². The van der Waals surface area contributed by atoms with Crippen molar-refractivity contribution in [3.05, 3.63) is 41.5 Å². The molecule has 0 aliphatic rings. The summed E-state index contributed by atoms with van der Waals surface area (Å²) in [5.74, 6) is 5.36. The zero-order valence-corrected chi connectivity index (χ0v) is 12.1. The molecule has 20 heavy (non-hydrogen) atoms. The first-order chi connectivity index (χ1) is 9.52. The minimum Gasteiger partial charge on any atom is -0.490 e. The minimum atomic E-state index is -0.846. The van der Waals surface area contributed by atoms with Crippen molar-refractivity contribution in [1.29, 1.82) is 0 Å². The number of carboxylic acid groups (broad SMARTS) is 1. The van der Waals surface area contributed by atoms with Crippen LogP contribution < -0.4 is 4.74 Å². The molecule has 0 heterocycles. The molecule has 0 aromatic heterocycles. The summed E-state index contributed by atoms with van der Waals surface area (Å²) in [6.45, 7) is 6.29. The van der Waals surface area contributed by atoms with Crippen molar-refractivity contribution in [2.24, 2.45) is 0 Å². The topological polar surface area (TPSA) is 46.5 Å². The minimum absolute atomic E-state index is 0.0127. The average Bonchev–Trinajstić information content (AvgIpc) is 2.38. The van der Waals surface area contributed by atoms with E-state index in [2.05, 4.69) is 11.8 Å². The Balaban J connectivity index is 2.74. The van der Waals surface area contributed by atoms with Gasteiger partial charge in [0.05, 0.1) is 12.3 Å². The quantitative estimate of drug-likeness (QED) is 0.635. The van der Waals surface area contributed by atoms with Crippen LogP contribution in [0.15, 0.2) is 35.9 Å². The number of allylic oxidation sites excluding steroid dienone is 1. The molecule has 0 unspecified atom stereocenters. The van der Waals surface area contributed by atoms with Crippen LogP contribution in [-0.4, -0.2) is 17.7 Å². The lowest BCUT2D eigenvalue weighted by atomic mass is 9.96. The maximum atomic E-state index is 10.8. The third-order valence-corrected chi connectivity index (χ3v) is 2.72.